The molecule has 130 valence electrons. The van der Waals surface area contributed by atoms with E-state index in [1.54, 1.807) is 19.5 Å². The molecule has 0 unspecified atom stereocenters. The lowest BCUT2D eigenvalue weighted by Crippen LogP contribution is -2.23. The number of aromatic nitrogens is 2. The number of pyridine rings is 1. The van der Waals surface area contributed by atoms with Gasteiger partial charge in [-0.3, -0.25) is 9.88 Å². The van der Waals surface area contributed by atoms with Crippen LogP contribution in [-0.2, 0) is 6.54 Å². The van der Waals surface area contributed by atoms with Crippen molar-refractivity contribution in [2.24, 2.45) is 0 Å². The Morgan fingerprint density at radius 1 is 1.20 bits per heavy atom. The number of hydrogen-bond donors (Lipinski definition) is 0. The number of rotatable bonds is 7. The highest BCUT2D eigenvalue weighted by Gasteiger charge is 2.17. The topological polar surface area (TPSA) is 51.4 Å². The van der Waals surface area contributed by atoms with Crippen molar-refractivity contribution in [3.63, 3.8) is 0 Å². The molecule has 1 aromatic carbocycles. The van der Waals surface area contributed by atoms with Gasteiger partial charge in [0.15, 0.2) is 5.76 Å². The standard InChI is InChI=1S/C20H23N3O2/c1-4-20(15-7-9-17(24-3)10-8-15)23(2)14-18-12-19(22-25-18)16-6-5-11-21-13-16/h5-13,20H,4,14H2,1-3H3/t20-/m1/s1. The van der Waals surface area contributed by atoms with E-state index in [-0.39, 0.29) is 0 Å². The van der Waals surface area contributed by atoms with Gasteiger partial charge in [0, 0.05) is 30.1 Å². The van der Waals surface area contributed by atoms with Crippen molar-refractivity contribution in [2.45, 2.75) is 25.9 Å². The first kappa shape index (κ1) is 17.2. The van der Waals surface area contributed by atoms with E-state index in [0.717, 1.165) is 29.2 Å². The molecule has 3 aromatic rings. The van der Waals surface area contributed by atoms with Gasteiger partial charge in [0.1, 0.15) is 11.4 Å². The molecule has 3 rings (SSSR count). The van der Waals surface area contributed by atoms with Gasteiger partial charge >= 0.3 is 0 Å². The van der Waals surface area contributed by atoms with Gasteiger partial charge in [0.05, 0.1) is 13.7 Å². The number of ether oxygens (including phenoxy) is 1. The lowest BCUT2D eigenvalue weighted by molar-refractivity contribution is 0.204. The summed E-state index contributed by atoms with van der Waals surface area (Å²) in [4.78, 5) is 6.40. The highest BCUT2D eigenvalue weighted by atomic mass is 16.5. The Morgan fingerprint density at radius 3 is 2.64 bits per heavy atom. The molecule has 0 bridgehead atoms. The highest BCUT2D eigenvalue weighted by Crippen LogP contribution is 2.27. The van der Waals surface area contributed by atoms with E-state index in [1.807, 2.05) is 30.3 Å². The molecule has 0 radical (unpaired) electrons. The van der Waals surface area contributed by atoms with Crippen molar-refractivity contribution in [3.8, 4) is 17.0 Å². The highest BCUT2D eigenvalue weighted by molar-refractivity contribution is 5.57. The van der Waals surface area contributed by atoms with E-state index in [9.17, 15) is 0 Å². The van der Waals surface area contributed by atoms with Crippen molar-refractivity contribution >= 4 is 0 Å². The van der Waals surface area contributed by atoms with E-state index in [1.165, 1.54) is 5.56 Å². The van der Waals surface area contributed by atoms with Crippen LogP contribution in [0.4, 0.5) is 0 Å². The minimum atomic E-state index is 0.304. The maximum absolute atomic E-state index is 5.52. The van der Waals surface area contributed by atoms with Crippen LogP contribution in [0, 0.1) is 0 Å². The first-order chi connectivity index (χ1) is 12.2. The molecule has 0 fully saturated rings. The van der Waals surface area contributed by atoms with E-state index in [2.05, 4.69) is 41.1 Å². The Kier molecular flexibility index (Phi) is 5.46. The molecule has 0 spiro atoms. The van der Waals surface area contributed by atoms with Crippen molar-refractivity contribution in [1.82, 2.24) is 15.0 Å². The van der Waals surface area contributed by atoms with Gasteiger partial charge in [-0.1, -0.05) is 24.2 Å². The van der Waals surface area contributed by atoms with Crippen LogP contribution in [0.25, 0.3) is 11.3 Å². The van der Waals surface area contributed by atoms with Gasteiger partial charge in [-0.2, -0.15) is 0 Å². The Bertz CT molecular complexity index is 784. The molecule has 2 aromatic heterocycles. The summed E-state index contributed by atoms with van der Waals surface area (Å²) >= 11 is 0. The third-order valence-electron chi connectivity index (χ3n) is 4.34. The average molecular weight is 337 g/mol. The minimum Gasteiger partial charge on any atom is -0.497 e. The molecule has 25 heavy (non-hydrogen) atoms. The van der Waals surface area contributed by atoms with Crippen LogP contribution in [-0.4, -0.2) is 29.2 Å². The smallest absolute Gasteiger partial charge is 0.151 e. The van der Waals surface area contributed by atoms with E-state index < -0.39 is 0 Å². The molecule has 2 heterocycles. The van der Waals surface area contributed by atoms with Crippen LogP contribution < -0.4 is 4.74 Å². The van der Waals surface area contributed by atoms with Crippen molar-refractivity contribution in [2.75, 3.05) is 14.2 Å². The Labute approximate surface area is 148 Å². The van der Waals surface area contributed by atoms with Crippen LogP contribution in [0.1, 0.15) is 30.7 Å². The summed E-state index contributed by atoms with van der Waals surface area (Å²) in [6.07, 6.45) is 4.54. The molecule has 0 aliphatic carbocycles. The summed E-state index contributed by atoms with van der Waals surface area (Å²) in [5.74, 6) is 1.71. The SMILES string of the molecule is CC[C@H](c1ccc(OC)cc1)N(C)Cc1cc(-c2cccnc2)no1. The summed E-state index contributed by atoms with van der Waals surface area (Å²) < 4.78 is 10.8. The molecule has 0 aliphatic rings. The molecule has 5 nitrogen and oxygen atoms in total. The van der Waals surface area contributed by atoms with E-state index in [4.69, 9.17) is 9.26 Å². The van der Waals surface area contributed by atoms with Crippen LogP contribution in [0.3, 0.4) is 0 Å². The van der Waals surface area contributed by atoms with E-state index in [0.29, 0.717) is 12.6 Å². The maximum Gasteiger partial charge on any atom is 0.151 e. The molecular formula is C20H23N3O2. The fraction of sp³-hybridized carbons (Fsp3) is 0.300. The minimum absolute atomic E-state index is 0.304. The molecule has 0 aliphatic heterocycles. The second-order valence-electron chi connectivity index (χ2n) is 6.03. The Morgan fingerprint density at radius 2 is 2.00 bits per heavy atom. The molecule has 0 saturated heterocycles. The fourth-order valence-corrected chi connectivity index (χ4v) is 3.02. The van der Waals surface area contributed by atoms with Gasteiger partial charge in [-0.15, -0.1) is 0 Å². The molecule has 1 atom stereocenters. The number of nitrogens with zero attached hydrogens (tertiary/aromatic N) is 3. The zero-order valence-corrected chi connectivity index (χ0v) is 14.8. The van der Waals surface area contributed by atoms with Crippen molar-refractivity contribution < 1.29 is 9.26 Å². The summed E-state index contributed by atoms with van der Waals surface area (Å²) in [5, 5.41) is 4.16. The average Bonchev–Trinajstić information content (AvgIpc) is 3.12. The third-order valence-corrected chi connectivity index (χ3v) is 4.34. The summed E-state index contributed by atoms with van der Waals surface area (Å²) in [6, 6.07) is 14.4. The van der Waals surface area contributed by atoms with Gasteiger partial charge in [0.25, 0.3) is 0 Å². The predicted octanol–water partition coefficient (Wildman–Crippen LogP) is 4.33. The lowest BCUT2D eigenvalue weighted by atomic mass is 10.0. The zero-order chi connectivity index (χ0) is 17.6. The van der Waals surface area contributed by atoms with Gasteiger partial charge < -0.3 is 9.26 Å². The second-order valence-corrected chi connectivity index (χ2v) is 6.03. The number of methoxy groups -OCH3 is 1. The summed E-state index contributed by atoms with van der Waals surface area (Å²) in [6.45, 7) is 2.88. The first-order valence-corrected chi connectivity index (χ1v) is 8.41. The fourth-order valence-electron chi connectivity index (χ4n) is 3.02. The van der Waals surface area contributed by atoms with E-state index >= 15 is 0 Å². The van der Waals surface area contributed by atoms with Crippen LogP contribution in [0.5, 0.6) is 5.75 Å². The van der Waals surface area contributed by atoms with Crippen LogP contribution in [0.2, 0.25) is 0 Å². The lowest BCUT2D eigenvalue weighted by Gasteiger charge is -2.26. The van der Waals surface area contributed by atoms with Gasteiger partial charge in [0.2, 0.25) is 0 Å². The molecular weight excluding hydrogens is 314 g/mol. The van der Waals surface area contributed by atoms with Crippen molar-refractivity contribution in [1.29, 1.82) is 0 Å². The third kappa shape index (κ3) is 4.06. The number of hydrogen-bond acceptors (Lipinski definition) is 5. The summed E-state index contributed by atoms with van der Waals surface area (Å²) in [7, 11) is 3.78. The molecule has 0 amide bonds. The number of benzene rings is 1. The largest absolute Gasteiger partial charge is 0.497 e. The summed E-state index contributed by atoms with van der Waals surface area (Å²) in [5.41, 5.74) is 3.04. The monoisotopic (exact) mass is 337 g/mol. The molecule has 0 saturated carbocycles. The van der Waals surface area contributed by atoms with Crippen molar-refractivity contribution in [3.05, 3.63) is 66.2 Å². The Balaban J connectivity index is 1.71. The zero-order valence-electron chi connectivity index (χ0n) is 14.8. The van der Waals surface area contributed by atoms with Gasteiger partial charge in [-0.05, 0) is 43.3 Å². The first-order valence-electron chi connectivity index (χ1n) is 8.41. The predicted molar refractivity (Wildman–Crippen MR) is 97.2 cm³/mol. The maximum atomic E-state index is 5.52. The second kappa shape index (κ2) is 7.94. The normalized spacial score (nSPS) is 12.3. The van der Waals surface area contributed by atoms with Gasteiger partial charge in [-0.25, -0.2) is 0 Å². The molecule has 0 N–H and O–H groups in total. The molecule has 5 heteroatoms. The Hall–Kier alpha value is -2.66. The van der Waals surface area contributed by atoms with Crippen LogP contribution in [0.15, 0.2) is 59.4 Å². The quantitative estimate of drug-likeness (QED) is 0.642. The van der Waals surface area contributed by atoms with Crippen LogP contribution >= 0.6 is 0 Å².